The number of nitrogens with one attached hydrogen (secondary N) is 2. The van der Waals surface area contributed by atoms with Crippen LogP contribution in [0.1, 0.15) is 31.0 Å². The van der Waals surface area contributed by atoms with Gasteiger partial charge in [0, 0.05) is 18.0 Å². The van der Waals surface area contributed by atoms with Gasteiger partial charge in [-0.3, -0.25) is 0 Å². The topological polar surface area (TPSA) is 98.8 Å². The molecule has 2 aromatic rings. The normalized spacial score (nSPS) is 15.6. The summed E-state index contributed by atoms with van der Waals surface area (Å²) >= 11 is 11.1. The van der Waals surface area contributed by atoms with Crippen LogP contribution in [0.2, 0.25) is 5.15 Å². The molecule has 1 aromatic heterocycles. The fraction of sp³-hybridized carbons (Fsp3) is 0.217. The molecule has 0 bridgehead atoms. The molecule has 3 rings (SSSR count). The van der Waals surface area contributed by atoms with Crippen LogP contribution in [0.4, 0.5) is 0 Å². The summed E-state index contributed by atoms with van der Waals surface area (Å²) in [7, 11) is 1.46. The Kier molecular flexibility index (Phi) is 8.02. The third-order valence-electron chi connectivity index (χ3n) is 4.66. The Morgan fingerprint density at radius 1 is 1.24 bits per heavy atom. The van der Waals surface area contributed by atoms with Gasteiger partial charge in [0.15, 0.2) is 16.6 Å². The zero-order valence-corrected chi connectivity index (χ0v) is 19.8. The van der Waals surface area contributed by atoms with Crippen LogP contribution in [0.5, 0.6) is 11.5 Å². The van der Waals surface area contributed by atoms with E-state index in [9.17, 15) is 9.59 Å². The molecule has 172 valence electrons. The molecular formula is C23H22ClN3O5S. The molecule has 0 spiro atoms. The maximum absolute atomic E-state index is 12.6. The van der Waals surface area contributed by atoms with Crippen molar-refractivity contribution < 1.29 is 23.8 Å². The number of hydrogen-bond acceptors (Lipinski definition) is 7. The van der Waals surface area contributed by atoms with E-state index in [-0.39, 0.29) is 12.4 Å². The lowest BCUT2D eigenvalue weighted by Gasteiger charge is -2.30. The molecule has 1 unspecified atom stereocenters. The first-order valence-corrected chi connectivity index (χ1v) is 10.8. The van der Waals surface area contributed by atoms with Crippen LogP contribution in [-0.4, -0.2) is 35.8 Å². The molecule has 1 atom stereocenters. The van der Waals surface area contributed by atoms with Gasteiger partial charge in [-0.25, -0.2) is 14.6 Å². The molecule has 0 saturated carbocycles. The van der Waals surface area contributed by atoms with Gasteiger partial charge in [-0.15, -0.1) is 0 Å². The second-order valence-corrected chi connectivity index (χ2v) is 7.66. The lowest BCUT2D eigenvalue weighted by molar-refractivity contribution is -0.139. The van der Waals surface area contributed by atoms with Crippen molar-refractivity contribution in [2.45, 2.75) is 19.9 Å². The van der Waals surface area contributed by atoms with E-state index in [0.717, 1.165) is 0 Å². The summed E-state index contributed by atoms with van der Waals surface area (Å²) < 4.78 is 16.0. The highest BCUT2D eigenvalue weighted by atomic mass is 35.5. The number of carbonyl (C=O) groups is 2. The summed E-state index contributed by atoms with van der Waals surface area (Å²) in [6, 6.07) is 7.75. The Bertz CT molecular complexity index is 1150. The number of benzene rings is 1. The lowest BCUT2D eigenvalue weighted by atomic mass is 9.95. The minimum Gasteiger partial charge on any atom is -0.493 e. The average Bonchev–Trinajstić information content (AvgIpc) is 2.77. The zero-order valence-electron chi connectivity index (χ0n) is 18.2. The highest BCUT2D eigenvalue weighted by molar-refractivity contribution is 7.80. The maximum atomic E-state index is 12.6. The van der Waals surface area contributed by atoms with Gasteiger partial charge >= 0.3 is 11.9 Å². The van der Waals surface area contributed by atoms with Crippen LogP contribution in [0.25, 0.3) is 6.08 Å². The van der Waals surface area contributed by atoms with Gasteiger partial charge in [0.1, 0.15) is 5.15 Å². The zero-order chi connectivity index (χ0) is 24.0. The van der Waals surface area contributed by atoms with Gasteiger partial charge in [0.25, 0.3) is 0 Å². The Hall–Kier alpha value is -3.43. The minimum absolute atomic E-state index is 0.221. The molecule has 1 aliphatic heterocycles. The smallest absolute Gasteiger partial charge is 0.338 e. The lowest BCUT2D eigenvalue weighted by Crippen LogP contribution is -2.45. The molecule has 0 saturated heterocycles. The third kappa shape index (κ3) is 6.09. The summed E-state index contributed by atoms with van der Waals surface area (Å²) in [5.74, 6) is -0.525. The number of thiocarbonyl (C=S) groups is 1. The summed E-state index contributed by atoms with van der Waals surface area (Å²) in [6.45, 7) is 3.73. The number of halogens is 1. The Morgan fingerprint density at radius 3 is 2.73 bits per heavy atom. The van der Waals surface area contributed by atoms with Crippen molar-refractivity contribution in [2.24, 2.45) is 0 Å². The number of methoxy groups -OCH3 is 1. The fourth-order valence-corrected chi connectivity index (χ4v) is 3.65. The molecule has 0 fully saturated rings. The van der Waals surface area contributed by atoms with Crippen molar-refractivity contribution in [1.29, 1.82) is 0 Å². The van der Waals surface area contributed by atoms with Crippen molar-refractivity contribution in [2.75, 3.05) is 13.7 Å². The van der Waals surface area contributed by atoms with Gasteiger partial charge in [-0.2, -0.15) is 0 Å². The highest BCUT2D eigenvalue weighted by Crippen LogP contribution is 2.34. The molecule has 0 radical (unpaired) electrons. The largest absolute Gasteiger partial charge is 0.493 e. The molecule has 0 aliphatic carbocycles. The van der Waals surface area contributed by atoms with Crippen molar-refractivity contribution in [1.82, 2.24) is 15.6 Å². The van der Waals surface area contributed by atoms with Gasteiger partial charge in [0.05, 0.1) is 25.3 Å². The van der Waals surface area contributed by atoms with Crippen molar-refractivity contribution in [3.8, 4) is 11.5 Å². The Balaban J connectivity index is 1.84. The van der Waals surface area contributed by atoms with Crippen molar-refractivity contribution in [3.63, 3.8) is 0 Å². The van der Waals surface area contributed by atoms with E-state index in [1.54, 1.807) is 50.3 Å². The third-order valence-corrected chi connectivity index (χ3v) is 5.09. The van der Waals surface area contributed by atoms with E-state index in [0.29, 0.717) is 38.4 Å². The maximum Gasteiger partial charge on any atom is 0.338 e. The van der Waals surface area contributed by atoms with E-state index in [4.69, 9.17) is 38.0 Å². The van der Waals surface area contributed by atoms with E-state index in [2.05, 4.69) is 15.6 Å². The van der Waals surface area contributed by atoms with Crippen LogP contribution in [0, 0.1) is 0 Å². The fourth-order valence-electron chi connectivity index (χ4n) is 3.20. The highest BCUT2D eigenvalue weighted by Gasteiger charge is 2.31. The number of nitrogens with zero attached hydrogens (tertiary/aromatic N) is 1. The molecular weight excluding hydrogens is 466 g/mol. The number of rotatable bonds is 7. The van der Waals surface area contributed by atoms with Gasteiger partial charge in [-0.1, -0.05) is 17.7 Å². The number of hydrogen-bond donors (Lipinski definition) is 2. The standard InChI is InChI=1S/C23H22ClN3O5S/c1-4-31-22(29)20-13(2)26-23(33)27-21(20)15-6-7-16(17(12-15)30-3)32-19(28)8-5-14-9-10-25-18(24)11-14/h5-12,21H,4H2,1-3H3,(H2,26,27,33)/b8-5+. The molecule has 2 heterocycles. The summed E-state index contributed by atoms with van der Waals surface area (Å²) in [5, 5.41) is 6.72. The number of carbonyl (C=O) groups excluding carboxylic acids is 2. The van der Waals surface area contributed by atoms with Crippen molar-refractivity contribution >= 4 is 46.9 Å². The van der Waals surface area contributed by atoms with E-state index in [1.807, 2.05) is 0 Å². The SMILES string of the molecule is CCOC(=O)C1=C(C)NC(=S)NC1c1ccc(OC(=O)/C=C/c2ccnc(Cl)c2)c(OC)c1. The number of aromatic nitrogens is 1. The molecule has 1 aromatic carbocycles. The van der Waals surface area contributed by atoms with Gasteiger partial charge < -0.3 is 24.8 Å². The number of pyridine rings is 1. The monoisotopic (exact) mass is 487 g/mol. The van der Waals surface area contributed by atoms with Crippen LogP contribution < -0.4 is 20.1 Å². The van der Waals surface area contributed by atoms with Gasteiger partial charge in [0.2, 0.25) is 0 Å². The first-order chi connectivity index (χ1) is 15.8. The Labute approximate surface area is 201 Å². The molecule has 0 amide bonds. The first-order valence-electron chi connectivity index (χ1n) is 9.97. The first kappa shape index (κ1) is 24.2. The molecule has 10 heteroatoms. The second kappa shape index (κ2) is 10.9. The van der Waals surface area contributed by atoms with E-state index >= 15 is 0 Å². The molecule has 1 aliphatic rings. The van der Waals surface area contributed by atoms with Crippen LogP contribution in [-0.2, 0) is 14.3 Å². The average molecular weight is 488 g/mol. The number of allylic oxidation sites excluding steroid dienone is 1. The van der Waals surface area contributed by atoms with Crippen LogP contribution >= 0.6 is 23.8 Å². The second-order valence-electron chi connectivity index (χ2n) is 6.87. The summed E-state index contributed by atoms with van der Waals surface area (Å²) in [5.41, 5.74) is 2.38. The molecule has 8 nitrogen and oxygen atoms in total. The van der Waals surface area contributed by atoms with Crippen LogP contribution in [0.3, 0.4) is 0 Å². The summed E-state index contributed by atoms with van der Waals surface area (Å²) in [6.07, 6.45) is 4.38. The van der Waals surface area contributed by atoms with E-state index < -0.39 is 18.0 Å². The predicted molar refractivity (Wildman–Crippen MR) is 128 cm³/mol. The molecule has 33 heavy (non-hydrogen) atoms. The van der Waals surface area contributed by atoms with Crippen LogP contribution in [0.15, 0.2) is 53.9 Å². The number of ether oxygens (including phenoxy) is 3. The summed E-state index contributed by atoms with van der Waals surface area (Å²) in [4.78, 5) is 28.7. The Morgan fingerprint density at radius 2 is 2.03 bits per heavy atom. The van der Waals surface area contributed by atoms with Crippen molar-refractivity contribution in [3.05, 3.63) is 70.2 Å². The van der Waals surface area contributed by atoms with E-state index in [1.165, 1.54) is 19.4 Å². The minimum atomic E-state index is -0.599. The predicted octanol–water partition coefficient (Wildman–Crippen LogP) is 3.72. The van der Waals surface area contributed by atoms with Gasteiger partial charge in [-0.05, 0) is 67.5 Å². The quantitative estimate of drug-likeness (QED) is 0.199. The molecule has 2 N–H and O–H groups in total. The number of esters is 2.